The molecule has 0 saturated carbocycles. The maximum absolute atomic E-state index is 2.54. The summed E-state index contributed by atoms with van der Waals surface area (Å²) in [5.74, 6) is 0. The SMILES string of the molecule is CCc1ccccc1N1CCCCC1.Cl. The molecule has 0 aromatic heterocycles. The number of nitrogens with zero attached hydrogens (tertiary/aromatic N) is 1. The topological polar surface area (TPSA) is 3.24 Å². The number of benzene rings is 1. The van der Waals surface area contributed by atoms with Crippen molar-refractivity contribution >= 4 is 18.1 Å². The van der Waals surface area contributed by atoms with E-state index in [1.807, 2.05) is 0 Å². The van der Waals surface area contributed by atoms with Gasteiger partial charge in [-0.05, 0) is 37.3 Å². The number of hydrogen-bond donors (Lipinski definition) is 0. The Morgan fingerprint density at radius 3 is 2.40 bits per heavy atom. The summed E-state index contributed by atoms with van der Waals surface area (Å²) in [6.45, 7) is 4.73. The molecule has 1 aliphatic heterocycles. The predicted molar refractivity (Wildman–Crippen MR) is 69.1 cm³/mol. The van der Waals surface area contributed by atoms with E-state index in [1.165, 1.54) is 43.6 Å². The van der Waals surface area contributed by atoms with Crippen LogP contribution in [-0.4, -0.2) is 13.1 Å². The van der Waals surface area contributed by atoms with Gasteiger partial charge in [0.05, 0.1) is 0 Å². The first kappa shape index (κ1) is 12.4. The maximum Gasteiger partial charge on any atom is 0.0398 e. The third-order valence-corrected chi connectivity index (χ3v) is 3.07. The molecule has 0 aliphatic carbocycles. The van der Waals surface area contributed by atoms with Crippen molar-refractivity contribution in [2.45, 2.75) is 32.6 Å². The fourth-order valence-electron chi connectivity index (χ4n) is 2.25. The minimum Gasteiger partial charge on any atom is -0.371 e. The van der Waals surface area contributed by atoms with E-state index in [0.717, 1.165) is 6.42 Å². The van der Waals surface area contributed by atoms with Crippen molar-refractivity contribution in [2.24, 2.45) is 0 Å². The molecule has 0 amide bonds. The first-order chi connectivity index (χ1) is 6.92. The Labute approximate surface area is 98.9 Å². The van der Waals surface area contributed by atoms with Gasteiger partial charge >= 0.3 is 0 Å². The van der Waals surface area contributed by atoms with Gasteiger partial charge in [-0.1, -0.05) is 25.1 Å². The van der Waals surface area contributed by atoms with Gasteiger partial charge in [-0.15, -0.1) is 12.4 Å². The normalized spacial score (nSPS) is 15.9. The number of halogens is 1. The average molecular weight is 226 g/mol. The minimum absolute atomic E-state index is 0. The fraction of sp³-hybridized carbons (Fsp3) is 0.538. The van der Waals surface area contributed by atoms with Crippen molar-refractivity contribution in [2.75, 3.05) is 18.0 Å². The highest BCUT2D eigenvalue weighted by molar-refractivity contribution is 5.85. The standard InChI is InChI=1S/C13H19N.ClH/c1-2-12-8-4-5-9-13(12)14-10-6-3-7-11-14;/h4-5,8-9H,2-3,6-7,10-11H2,1H3;1H. The first-order valence-corrected chi connectivity index (χ1v) is 5.74. The zero-order valence-electron chi connectivity index (χ0n) is 9.41. The van der Waals surface area contributed by atoms with Gasteiger partial charge in [0.25, 0.3) is 0 Å². The van der Waals surface area contributed by atoms with Crippen molar-refractivity contribution in [3.63, 3.8) is 0 Å². The molecule has 1 nitrogen and oxygen atoms in total. The van der Waals surface area contributed by atoms with E-state index in [1.54, 1.807) is 0 Å². The van der Waals surface area contributed by atoms with Crippen LogP contribution in [0.15, 0.2) is 24.3 Å². The van der Waals surface area contributed by atoms with Crippen LogP contribution in [0.5, 0.6) is 0 Å². The van der Waals surface area contributed by atoms with Gasteiger partial charge in [-0.2, -0.15) is 0 Å². The lowest BCUT2D eigenvalue weighted by molar-refractivity contribution is 0.576. The molecule has 1 aliphatic rings. The van der Waals surface area contributed by atoms with Crippen LogP contribution in [0.3, 0.4) is 0 Å². The largest absolute Gasteiger partial charge is 0.371 e. The van der Waals surface area contributed by atoms with Gasteiger partial charge < -0.3 is 4.90 Å². The van der Waals surface area contributed by atoms with Crippen LogP contribution in [0.25, 0.3) is 0 Å². The van der Waals surface area contributed by atoms with Crippen molar-refractivity contribution in [3.05, 3.63) is 29.8 Å². The molecule has 0 bridgehead atoms. The predicted octanol–water partition coefficient (Wildman–Crippen LogP) is 3.66. The molecule has 0 unspecified atom stereocenters. The van der Waals surface area contributed by atoms with E-state index >= 15 is 0 Å². The summed E-state index contributed by atoms with van der Waals surface area (Å²) in [4.78, 5) is 2.54. The van der Waals surface area contributed by atoms with Gasteiger partial charge in [-0.25, -0.2) is 0 Å². The van der Waals surface area contributed by atoms with Gasteiger partial charge in [-0.3, -0.25) is 0 Å². The molecule has 1 saturated heterocycles. The van der Waals surface area contributed by atoms with E-state index in [2.05, 4.69) is 36.1 Å². The lowest BCUT2D eigenvalue weighted by atomic mass is 10.1. The number of rotatable bonds is 2. The van der Waals surface area contributed by atoms with Gasteiger partial charge in [0.1, 0.15) is 0 Å². The Bertz CT molecular complexity index is 292. The second-order valence-electron chi connectivity index (χ2n) is 4.03. The quantitative estimate of drug-likeness (QED) is 0.743. The van der Waals surface area contributed by atoms with E-state index in [4.69, 9.17) is 0 Å². The Kier molecular flexibility index (Phi) is 4.97. The third-order valence-electron chi connectivity index (χ3n) is 3.07. The molecule has 0 N–H and O–H groups in total. The average Bonchev–Trinajstić information content (AvgIpc) is 2.30. The zero-order chi connectivity index (χ0) is 9.80. The van der Waals surface area contributed by atoms with E-state index in [-0.39, 0.29) is 12.4 Å². The van der Waals surface area contributed by atoms with Gasteiger partial charge in [0.15, 0.2) is 0 Å². The van der Waals surface area contributed by atoms with E-state index in [9.17, 15) is 0 Å². The Hall–Kier alpha value is -0.690. The summed E-state index contributed by atoms with van der Waals surface area (Å²) >= 11 is 0. The van der Waals surface area contributed by atoms with Crippen molar-refractivity contribution in [1.29, 1.82) is 0 Å². The number of hydrogen-bond acceptors (Lipinski definition) is 1. The minimum atomic E-state index is 0. The molecule has 2 heteroatoms. The monoisotopic (exact) mass is 225 g/mol. The molecular formula is C13H20ClN. The highest BCUT2D eigenvalue weighted by Crippen LogP contribution is 2.24. The van der Waals surface area contributed by atoms with Crippen molar-refractivity contribution < 1.29 is 0 Å². The first-order valence-electron chi connectivity index (χ1n) is 5.74. The van der Waals surface area contributed by atoms with Crippen LogP contribution in [0.2, 0.25) is 0 Å². The summed E-state index contributed by atoms with van der Waals surface area (Å²) < 4.78 is 0. The Morgan fingerprint density at radius 1 is 1.07 bits per heavy atom. The summed E-state index contributed by atoms with van der Waals surface area (Å²) in [6.07, 6.45) is 5.27. The summed E-state index contributed by atoms with van der Waals surface area (Å²) in [5, 5.41) is 0. The maximum atomic E-state index is 2.54. The number of aryl methyl sites for hydroxylation is 1. The fourth-order valence-corrected chi connectivity index (χ4v) is 2.25. The van der Waals surface area contributed by atoms with Crippen molar-refractivity contribution in [1.82, 2.24) is 0 Å². The van der Waals surface area contributed by atoms with Crippen LogP contribution >= 0.6 is 12.4 Å². The smallest absolute Gasteiger partial charge is 0.0398 e. The molecule has 15 heavy (non-hydrogen) atoms. The molecule has 0 spiro atoms. The Balaban J connectivity index is 0.00000112. The highest BCUT2D eigenvalue weighted by Gasteiger charge is 2.12. The molecule has 84 valence electrons. The van der Waals surface area contributed by atoms with Crippen LogP contribution in [0, 0.1) is 0 Å². The van der Waals surface area contributed by atoms with Crippen LogP contribution in [0.1, 0.15) is 31.7 Å². The lowest BCUT2D eigenvalue weighted by Crippen LogP contribution is -2.30. The lowest BCUT2D eigenvalue weighted by Gasteiger charge is -2.30. The van der Waals surface area contributed by atoms with E-state index in [0.29, 0.717) is 0 Å². The molecule has 1 fully saturated rings. The second-order valence-corrected chi connectivity index (χ2v) is 4.03. The van der Waals surface area contributed by atoms with Crippen LogP contribution in [-0.2, 0) is 6.42 Å². The van der Waals surface area contributed by atoms with Crippen molar-refractivity contribution in [3.8, 4) is 0 Å². The van der Waals surface area contributed by atoms with Gasteiger partial charge in [0, 0.05) is 18.8 Å². The molecule has 0 atom stereocenters. The second kappa shape index (κ2) is 6.02. The highest BCUT2D eigenvalue weighted by atomic mass is 35.5. The van der Waals surface area contributed by atoms with Crippen LogP contribution in [0.4, 0.5) is 5.69 Å². The summed E-state index contributed by atoms with van der Waals surface area (Å²) in [7, 11) is 0. The third kappa shape index (κ3) is 2.88. The van der Waals surface area contributed by atoms with Gasteiger partial charge in [0.2, 0.25) is 0 Å². The van der Waals surface area contributed by atoms with Crippen LogP contribution < -0.4 is 4.90 Å². The Morgan fingerprint density at radius 2 is 1.73 bits per heavy atom. The summed E-state index contributed by atoms with van der Waals surface area (Å²) in [6, 6.07) is 8.82. The number of anilines is 1. The number of para-hydroxylation sites is 1. The molecule has 2 rings (SSSR count). The van der Waals surface area contributed by atoms with E-state index < -0.39 is 0 Å². The molecule has 1 heterocycles. The molecular weight excluding hydrogens is 206 g/mol. The molecule has 0 radical (unpaired) electrons. The summed E-state index contributed by atoms with van der Waals surface area (Å²) in [5.41, 5.74) is 2.96. The number of piperidine rings is 1. The molecule has 1 aromatic carbocycles. The zero-order valence-corrected chi connectivity index (χ0v) is 10.2. The molecule has 1 aromatic rings.